The Balaban J connectivity index is 1.84. The summed E-state index contributed by atoms with van der Waals surface area (Å²) in [5.41, 5.74) is 0.897. The maximum atomic E-state index is 11.1. The Kier molecular flexibility index (Phi) is 5.16. The predicted octanol–water partition coefficient (Wildman–Crippen LogP) is 3.36. The van der Waals surface area contributed by atoms with Crippen molar-refractivity contribution in [2.45, 2.75) is 18.3 Å². The number of ether oxygens (including phenoxy) is 2. The molecule has 3 rings (SSSR count). The van der Waals surface area contributed by atoms with Gasteiger partial charge in [0.1, 0.15) is 5.57 Å². The van der Waals surface area contributed by atoms with Crippen LogP contribution in [0.1, 0.15) is 24.0 Å². The molecule has 1 saturated carbocycles. The van der Waals surface area contributed by atoms with E-state index in [9.17, 15) is 9.59 Å². The Hall–Kier alpha value is -3.28. The number of carbonyl (C=O) groups is 2. The molecule has 0 amide bonds. The van der Waals surface area contributed by atoms with Crippen molar-refractivity contribution in [3.63, 3.8) is 0 Å². The largest absolute Gasteiger partial charge is 0.493 e. The van der Waals surface area contributed by atoms with Gasteiger partial charge in [-0.05, 0) is 42.2 Å². The number of aliphatic carboxylic acids is 2. The minimum absolute atomic E-state index is 0.0224. The highest BCUT2D eigenvalue weighted by molar-refractivity contribution is 6.16. The summed E-state index contributed by atoms with van der Waals surface area (Å²) in [6.45, 7) is 0.464. The summed E-state index contributed by atoms with van der Waals surface area (Å²) < 4.78 is 11.3. The van der Waals surface area contributed by atoms with Crippen LogP contribution in [-0.4, -0.2) is 35.9 Å². The lowest BCUT2D eigenvalue weighted by Gasteiger charge is -2.18. The first kappa shape index (κ1) is 18.5. The molecule has 1 fully saturated rings. The summed E-state index contributed by atoms with van der Waals surface area (Å²) in [5, 5.41) is 18.0. The van der Waals surface area contributed by atoms with E-state index in [1.54, 1.807) is 18.2 Å². The van der Waals surface area contributed by atoms with Crippen molar-refractivity contribution in [3.05, 3.63) is 65.2 Å². The molecule has 1 aliphatic carbocycles. The van der Waals surface area contributed by atoms with Crippen molar-refractivity contribution >= 4 is 18.0 Å². The molecule has 1 aliphatic rings. The van der Waals surface area contributed by atoms with E-state index in [4.69, 9.17) is 19.7 Å². The van der Waals surface area contributed by atoms with Crippen molar-refractivity contribution < 1.29 is 29.3 Å². The maximum absolute atomic E-state index is 11.1. The third-order valence-electron chi connectivity index (χ3n) is 4.70. The standard InChI is InChI=1S/C21H20O6/c1-26-17-8-7-14(11-16(19(22)23)20(24)25)12-18(17)27-13-21(9-10-21)15-5-3-2-4-6-15/h2-8,11-12H,9-10,13H2,1H3,(H,22,23)(H,24,25). The summed E-state index contributed by atoms with van der Waals surface area (Å²) in [6, 6.07) is 14.9. The summed E-state index contributed by atoms with van der Waals surface area (Å²) in [4.78, 5) is 22.1. The van der Waals surface area contributed by atoms with Crippen LogP contribution in [0.3, 0.4) is 0 Å². The molecule has 0 spiro atoms. The Morgan fingerprint density at radius 1 is 1.04 bits per heavy atom. The fraction of sp³-hybridized carbons (Fsp3) is 0.238. The van der Waals surface area contributed by atoms with Gasteiger partial charge in [-0.3, -0.25) is 0 Å². The monoisotopic (exact) mass is 368 g/mol. The average molecular weight is 368 g/mol. The van der Waals surface area contributed by atoms with Gasteiger partial charge in [0.15, 0.2) is 11.5 Å². The molecule has 27 heavy (non-hydrogen) atoms. The zero-order valence-corrected chi connectivity index (χ0v) is 14.8. The second-order valence-corrected chi connectivity index (χ2v) is 6.51. The summed E-state index contributed by atoms with van der Waals surface area (Å²) >= 11 is 0. The number of rotatable bonds is 8. The van der Waals surface area contributed by atoms with Gasteiger partial charge in [0.05, 0.1) is 13.7 Å². The number of benzene rings is 2. The van der Waals surface area contributed by atoms with E-state index in [1.165, 1.54) is 12.7 Å². The van der Waals surface area contributed by atoms with Crippen molar-refractivity contribution in [3.8, 4) is 11.5 Å². The molecule has 2 aromatic carbocycles. The Labute approximate surface area is 156 Å². The van der Waals surface area contributed by atoms with Gasteiger partial charge in [-0.1, -0.05) is 36.4 Å². The summed E-state index contributed by atoms with van der Waals surface area (Å²) in [6.07, 6.45) is 3.16. The second-order valence-electron chi connectivity index (χ2n) is 6.51. The van der Waals surface area contributed by atoms with Crippen LogP contribution in [0.15, 0.2) is 54.1 Å². The summed E-state index contributed by atoms with van der Waals surface area (Å²) in [7, 11) is 1.52. The molecule has 6 nitrogen and oxygen atoms in total. The molecule has 0 atom stereocenters. The SMILES string of the molecule is COc1ccc(C=C(C(=O)O)C(=O)O)cc1OCC1(c2ccccc2)CC1. The van der Waals surface area contributed by atoms with Crippen LogP contribution in [0.25, 0.3) is 6.08 Å². The third kappa shape index (κ3) is 4.11. The topological polar surface area (TPSA) is 93.1 Å². The zero-order valence-electron chi connectivity index (χ0n) is 14.8. The first-order valence-electron chi connectivity index (χ1n) is 8.50. The Bertz CT molecular complexity index is 865. The number of hydrogen-bond acceptors (Lipinski definition) is 4. The van der Waals surface area contributed by atoms with E-state index in [-0.39, 0.29) is 5.41 Å². The second kappa shape index (κ2) is 7.53. The lowest BCUT2D eigenvalue weighted by Crippen LogP contribution is -2.17. The van der Waals surface area contributed by atoms with Gasteiger partial charge >= 0.3 is 11.9 Å². The summed E-state index contributed by atoms with van der Waals surface area (Å²) in [5.74, 6) is -2.05. The van der Waals surface area contributed by atoms with E-state index < -0.39 is 17.5 Å². The lowest BCUT2D eigenvalue weighted by atomic mass is 9.97. The minimum atomic E-state index is -1.50. The molecule has 2 aromatic rings. The van der Waals surface area contributed by atoms with Crippen molar-refractivity contribution in [1.29, 1.82) is 0 Å². The van der Waals surface area contributed by atoms with Crippen molar-refractivity contribution in [2.24, 2.45) is 0 Å². The quantitative estimate of drug-likeness (QED) is 0.422. The van der Waals surface area contributed by atoms with E-state index in [2.05, 4.69) is 12.1 Å². The normalized spacial score (nSPS) is 14.1. The number of carboxylic acids is 2. The zero-order chi connectivity index (χ0) is 19.4. The molecule has 0 saturated heterocycles. The fourth-order valence-corrected chi connectivity index (χ4v) is 2.95. The Morgan fingerprint density at radius 3 is 2.26 bits per heavy atom. The number of carboxylic acid groups (broad SMARTS) is 2. The van der Waals surface area contributed by atoms with Gasteiger partial charge in [-0.2, -0.15) is 0 Å². The first-order chi connectivity index (χ1) is 12.9. The van der Waals surface area contributed by atoms with E-state index in [1.807, 2.05) is 18.2 Å². The highest BCUT2D eigenvalue weighted by Crippen LogP contribution is 2.48. The van der Waals surface area contributed by atoms with E-state index in [0.29, 0.717) is 23.7 Å². The predicted molar refractivity (Wildman–Crippen MR) is 99.1 cm³/mol. The molecule has 0 aromatic heterocycles. The van der Waals surface area contributed by atoms with Gasteiger partial charge in [0.25, 0.3) is 0 Å². The van der Waals surface area contributed by atoms with Crippen LogP contribution < -0.4 is 9.47 Å². The number of methoxy groups -OCH3 is 1. The van der Waals surface area contributed by atoms with Gasteiger partial charge in [0.2, 0.25) is 0 Å². The van der Waals surface area contributed by atoms with Gasteiger partial charge < -0.3 is 19.7 Å². The maximum Gasteiger partial charge on any atom is 0.343 e. The first-order valence-corrected chi connectivity index (χ1v) is 8.50. The smallest absolute Gasteiger partial charge is 0.343 e. The van der Waals surface area contributed by atoms with Gasteiger partial charge in [0, 0.05) is 5.41 Å². The van der Waals surface area contributed by atoms with Crippen LogP contribution in [0.4, 0.5) is 0 Å². The highest BCUT2D eigenvalue weighted by atomic mass is 16.5. The van der Waals surface area contributed by atoms with E-state index in [0.717, 1.165) is 18.9 Å². The minimum Gasteiger partial charge on any atom is -0.493 e. The third-order valence-corrected chi connectivity index (χ3v) is 4.70. The van der Waals surface area contributed by atoms with Crippen LogP contribution in [0.2, 0.25) is 0 Å². The van der Waals surface area contributed by atoms with Gasteiger partial charge in [-0.25, -0.2) is 9.59 Å². The van der Waals surface area contributed by atoms with Crippen molar-refractivity contribution in [1.82, 2.24) is 0 Å². The molecular weight excluding hydrogens is 348 g/mol. The highest BCUT2D eigenvalue weighted by Gasteiger charge is 2.45. The van der Waals surface area contributed by atoms with Gasteiger partial charge in [-0.15, -0.1) is 0 Å². The average Bonchev–Trinajstić information content (AvgIpc) is 3.46. The molecule has 0 aliphatic heterocycles. The van der Waals surface area contributed by atoms with E-state index >= 15 is 0 Å². The van der Waals surface area contributed by atoms with Crippen molar-refractivity contribution in [2.75, 3.05) is 13.7 Å². The van der Waals surface area contributed by atoms with Crippen LogP contribution in [0.5, 0.6) is 11.5 Å². The fourth-order valence-electron chi connectivity index (χ4n) is 2.95. The molecular formula is C21H20O6. The molecule has 0 unspecified atom stereocenters. The van der Waals surface area contributed by atoms with Crippen LogP contribution >= 0.6 is 0 Å². The van der Waals surface area contributed by atoms with Crippen LogP contribution in [-0.2, 0) is 15.0 Å². The number of hydrogen-bond donors (Lipinski definition) is 2. The molecule has 0 radical (unpaired) electrons. The molecule has 2 N–H and O–H groups in total. The lowest BCUT2D eigenvalue weighted by molar-refractivity contribution is -0.140. The molecule has 0 heterocycles. The Morgan fingerprint density at radius 2 is 1.70 bits per heavy atom. The molecule has 140 valence electrons. The molecule has 6 heteroatoms. The van der Waals surface area contributed by atoms with Crippen LogP contribution in [0, 0.1) is 0 Å². The molecule has 0 bridgehead atoms.